The van der Waals surface area contributed by atoms with Crippen molar-refractivity contribution >= 4 is 11.9 Å². The van der Waals surface area contributed by atoms with Crippen LogP contribution in [0.25, 0.3) is 0 Å². The SMILES string of the molecule is Cc1nc(C(=O)N2CCOC(C(=O)O)C2)co1. The van der Waals surface area contributed by atoms with Gasteiger partial charge in [0, 0.05) is 13.5 Å². The summed E-state index contributed by atoms with van der Waals surface area (Å²) in [6.07, 6.45) is 0.295. The maximum Gasteiger partial charge on any atom is 0.334 e. The summed E-state index contributed by atoms with van der Waals surface area (Å²) in [7, 11) is 0. The summed E-state index contributed by atoms with van der Waals surface area (Å²) in [5.74, 6) is -1.01. The molecule has 0 saturated carbocycles. The van der Waals surface area contributed by atoms with Crippen molar-refractivity contribution in [2.45, 2.75) is 13.0 Å². The fourth-order valence-electron chi connectivity index (χ4n) is 1.61. The molecule has 0 bridgehead atoms. The predicted molar refractivity (Wildman–Crippen MR) is 54.5 cm³/mol. The van der Waals surface area contributed by atoms with Crippen molar-refractivity contribution in [3.05, 3.63) is 17.8 Å². The number of carbonyl (C=O) groups is 2. The molecule has 2 rings (SSSR count). The number of oxazole rings is 1. The fourth-order valence-corrected chi connectivity index (χ4v) is 1.61. The van der Waals surface area contributed by atoms with Crippen molar-refractivity contribution < 1.29 is 23.8 Å². The standard InChI is InChI=1S/C10H12N2O5/c1-6-11-7(5-17-6)9(13)12-2-3-16-8(4-12)10(14)15/h5,8H,2-4H2,1H3,(H,14,15). The Bertz CT molecular complexity index is 442. The first-order valence-electron chi connectivity index (χ1n) is 5.13. The van der Waals surface area contributed by atoms with Gasteiger partial charge in [0.1, 0.15) is 6.26 Å². The molecule has 1 aliphatic rings. The van der Waals surface area contributed by atoms with Crippen molar-refractivity contribution in [2.24, 2.45) is 0 Å². The van der Waals surface area contributed by atoms with Crippen LogP contribution in [0.4, 0.5) is 0 Å². The van der Waals surface area contributed by atoms with Crippen LogP contribution in [0.2, 0.25) is 0 Å². The van der Waals surface area contributed by atoms with Crippen LogP contribution in [-0.2, 0) is 9.53 Å². The van der Waals surface area contributed by atoms with E-state index in [0.717, 1.165) is 0 Å². The molecule has 1 fully saturated rings. The van der Waals surface area contributed by atoms with Crippen LogP contribution in [0.15, 0.2) is 10.7 Å². The number of aryl methyl sites for hydroxylation is 1. The van der Waals surface area contributed by atoms with Gasteiger partial charge in [-0.2, -0.15) is 0 Å². The quantitative estimate of drug-likeness (QED) is 0.776. The monoisotopic (exact) mass is 240 g/mol. The molecule has 7 nitrogen and oxygen atoms in total. The van der Waals surface area contributed by atoms with Gasteiger partial charge in [-0.25, -0.2) is 9.78 Å². The molecular weight excluding hydrogens is 228 g/mol. The highest BCUT2D eigenvalue weighted by atomic mass is 16.5. The molecule has 0 radical (unpaired) electrons. The number of ether oxygens (including phenoxy) is 1. The average molecular weight is 240 g/mol. The van der Waals surface area contributed by atoms with Crippen LogP contribution in [0.3, 0.4) is 0 Å². The molecule has 2 heterocycles. The largest absolute Gasteiger partial charge is 0.479 e. The van der Waals surface area contributed by atoms with Crippen LogP contribution in [0.1, 0.15) is 16.4 Å². The molecule has 0 spiro atoms. The Labute approximate surface area is 97.0 Å². The van der Waals surface area contributed by atoms with E-state index in [1.165, 1.54) is 11.2 Å². The summed E-state index contributed by atoms with van der Waals surface area (Å²) in [4.78, 5) is 28.0. The Hall–Kier alpha value is -1.89. The van der Waals surface area contributed by atoms with Gasteiger partial charge >= 0.3 is 5.97 Å². The lowest BCUT2D eigenvalue weighted by Gasteiger charge is -2.30. The summed E-state index contributed by atoms with van der Waals surface area (Å²) >= 11 is 0. The second-order valence-electron chi connectivity index (χ2n) is 3.70. The van der Waals surface area contributed by atoms with Crippen LogP contribution in [0.5, 0.6) is 0 Å². The van der Waals surface area contributed by atoms with Crippen LogP contribution in [0, 0.1) is 6.92 Å². The molecule has 1 amide bonds. The highest BCUT2D eigenvalue weighted by molar-refractivity contribution is 5.92. The van der Waals surface area contributed by atoms with E-state index in [1.54, 1.807) is 6.92 Å². The summed E-state index contributed by atoms with van der Waals surface area (Å²) in [6, 6.07) is 0. The Kier molecular flexibility index (Phi) is 3.10. The first-order valence-corrected chi connectivity index (χ1v) is 5.13. The molecule has 7 heteroatoms. The van der Waals surface area contributed by atoms with Crippen molar-refractivity contribution in [3.63, 3.8) is 0 Å². The number of rotatable bonds is 2. The summed E-state index contributed by atoms with van der Waals surface area (Å²) in [5.41, 5.74) is 0.188. The number of aliphatic carboxylic acids is 1. The second kappa shape index (κ2) is 4.54. The van der Waals surface area contributed by atoms with Gasteiger partial charge in [-0.05, 0) is 0 Å². The summed E-state index contributed by atoms with van der Waals surface area (Å²) in [5, 5.41) is 8.82. The van der Waals surface area contributed by atoms with Crippen molar-refractivity contribution in [1.29, 1.82) is 0 Å². The van der Waals surface area contributed by atoms with Gasteiger partial charge in [0.2, 0.25) is 0 Å². The molecule has 1 atom stereocenters. The predicted octanol–water partition coefficient (Wildman–Crippen LogP) is -0.0914. The first-order chi connectivity index (χ1) is 8.08. The van der Waals surface area contributed by atoms with Gasteiger partial charge in [-0.15, -0.1) is 0 Å². The third kappa shape index (κ3) is 2.44. The molecule has 1 aromatic heterocycles. The zero-order chi connectivity index (χ0) is 12.4. The zero-order valence-corrected chi connectivity index (χ0v) is 9.25. The Morgan fingerprint density at radius 2 is 2.35 bits per heavy atom. The number of amides is 1. The third-order valence-corrected chi connectivity index (χ3v) is 2.47. The first kappa shape index (κ1) is 11.6. The molecule has 0 aromatic carbocycles. The maximum atomic E-state index is 11.9. The van der Waals surface area contributed by atoms with E-state index in [1.807, 2.05) is 0 Å². The van der Waals surface area contributed by atoms with Gasteiger partial charge in [-0.1, -0.05) is 0 Å². The Morgan fingerprint density at radius 3 is 2.94 bits per heavy atom. The second-order valence-corrected chi connectivity index (χ2v) is 3.70. The lowest BCUT2D eigenvalue weighted by molar-refractivity contribution is -0.154. The molecule has 17 heavy (non-hydrogen) atoms. The van der Waals surface area contributed by atoms with E-state index in [2.05, 4.69) is 4.98 Å². The van der Waals surface area contributed by atoms with E-state index >= 15 is 0 Å². The number of nitrogens with zero attached hydrogens (tertiary/aromatic N) is 2. The average Bonchev–Trinajstić information content (AvgIpc) is 2.75. The van der Waals surface area contributed by atoms with Crippen molar-refractivity contribution in [1.82, 2.24) is 9.88 Å². The molecule has 0 aliphatic carbocycles. The third-order valence-electron chi connectivity index (χ3n) is 2.47. The van der Waals surface area contributed by atoms with E-state index in [-0.39, 0.29) is 24.8 Å². The van der Waals surface area contributed by atoms with Gasteiger partial charge < -0.3 is 19.2 Å². The molecule has 1 aliphatic heterocycles. The van der Waals surface area contributed by atoms with Crippen molar-refractivity contribution in [3.8, 4) is 0 Å². The number of morpholine rings is 1. The number of carboxylic acid groups (broad SMARTS) is 1. The molecule has 1 saturated heterocycles. The number of carbonyl (C=O) groups excluding carboxylic acids is 1. The highest BCUT2D eigenvalue weighted by Gasteiger charge is 2.30. The van der Waals surface area contributed by atoms with E-state index < -0.39 is 12.1 Å². The lowest BCUT2D eigenvalue weighted by atomic mass is 10.2. The van der Waals surface area contributed by atoms with Gasteiger partial charge in [-0.3, -0.25) is 4.79 Å². The van der Waals surface area contributed by atoms with Crippen LogP contribution >= 0.6 is 0 Å². The number of carboxylic acids is 1. The van der Waals surface area contributed by atoms with Gasteiger partial charge in [0.05, 0.1) is 13.2 Å². The molecule has 1 unspecified atom stereocenters. The maximum absolute atomic E-state index is 11.9. The minimum Gasteiger partial charge on any atom is -0.479 e. The molecular formula is C10H12N2O5. The smallest absolute Gasteiger partial charge is 0.334 e. The number of hydrogen-bond acceptors (Lipinski definition) is 5. The summed E-state index contributed by atoms with van der Waals surface area (Å²) in [6.45, 7) is 2.23. The Morgan fingerprint density at radius 1 is 1.59 bits per heavy atom. The lowest BCUT2D eigenvalue weighted by Crippen LogP contribution is -2.48. The van der Waals surface area contributed by atoms with Crippen LogP contribution < -0.4 is 0 Å². The van der Waals surface area contributed by atoms with Crippen LogP contribution in [-0.4, -0.2) is 52.7 Å². The highest BCUT2D eigenvalue weighted by Crippen LogP contribution is 2.10. The molecule has 1 N–H and O–H groups in total. The van der Waals surface area contributed by atoms with E-state index in [0.29, 0.717) is 12.4 Å². The Balaban J connectivity index is 2.07. The van der Waals surface area contributed by atoms with Crippen molar-refractivity contribution in [2.75, 3.05) is 19.7 Å². The minimum atomic E-state index is -1.07. The topological polar surface area (TPSA) is 92.9 Å². The molecule has 92 valence electrons. The minimum absolute atomic E-state index is 0.0279. The number of hydrogen-bond donors (Lipinski definition) is 1. The normalized spacial score (nSPS) is 20.3. The van der Waals surface area contributed by atoms with Gasteiger partial charge in [0.15, 0.2) is 17.7 Å². The fraction of sp³-hybridized carbons (Fsp3) is 0.500. The zero-order valence-electron chi connectivity index (χ0n) is 9.25. The summed E-state index contributed by atoms with van der Waals surface area (Å²) < 4.78 is 9.97. The van der Waals surface area contributed by atoms with Gasteiger partial charge in [0.25, 0.3) is 5.91 Å². The molecule has 1 aromatic rings. The van der Waals surface area contributed by atoms with E-state index in [4.69, 9.17) is 14.3 Å². The number of aromatic nitrogens is 1. The van der Waals surface area contributed by atoms with E-state index in [9.17, 15) is 9.59 Å².